The molecular weight excluding hydrogens is 234 g/mol. The minimum atomic E-state index is -0.356. The average molecular weight is 247 g/mol. The number of hydrogen-bond acceptors (Lipinski definition) is 3. The summed E-state index contributed by atoms with van der Waals surface area (Å²) in [6.07, 6.45) is 0. The van der Waals surface area contributed by atoms with Crippen molar-refractivity contribution >= 4 is 17.2 Å². The summed E-state index contributed by atoms with van der Waals surface area (Å²) in [5.41, 5.74) is 0.903. The summed E-state index contributed by atoms with van der Waals surface area (Å²) in [5, 5.41) is 14.0. The maximum absolute atomic E-state index is 11.8. The first-order valence-electron chi connectivity index (χ1n) is 5.31. The molecule has 0 unspecified atom stereocenters. The number of aliphatic hydroxyl groups is 1. The molecule has 3 nitrogen and oxygen atoms in total. The fourth-order valence-electron chi connectivity index (χ4n) is 1.56. The van der Waals surface area contributed by atoms with Crippen molar-refractivity contribution in [2.24, 2.45) is 0 Å². The van der Waals surface area contributed by atoms with Crippen molar-refractivity contribution in [1.82, 2.24) is 5.32 Å². The van der Waals surface area contributed by atoms with Crippen LogP contribution in [0.2, 0.25) is 0 Å². The van der Waals surface area contributed by atoms with E-state index in [9.17, 15) is 9.90 Å². The van der Waals surface area contributed by atoms with Crippen LogP contribution in [0.25, 0.3) is 0 Å². The fraction of sp³-hybridized carbons (Fsp3) is 0.154. The molecule has 88 valence electrons. The van der Waals surface area contributed by atoms with Gasteiger partial charge in [-0.15, -0.1) is 11.3 Å². The molecule has 0 spiro atoms. The van der Waals surface area contributed by atoms with Crippen LogP contribution < -0.4 is 5.32 Å². The molecule has 0 saturated carbocycles. The third-order valence-corrected chi connectivity index (χ3v) is 3.30. The molecule has 2 rings (SSSR count). The third-order valence-electron chi connectivity index (χ3n) is 2.43. The number of amides is 1. The number of carbonyl (C=O) groups is 1. The topological polar surface area (TPSA) is 49.3 Å². The lowest BCUT2D eigenvalue weighted by atomic mass is 10.1. The molecular formula is C13H13NO2S. The molecule has 1 atom stereocenters. The van der Waals surface area contributed by atoms with E-state index in [1.54, 1.807) is 6.07 Å². The second kappa shape index (κ2) is 5.61. The number of benzene rings is 1. The van der Waals surface area contributed by atoms with Crippen molar-refractivity contribution in [3.8, 4) is 0 Å². The van der Waals surface area contributed by atoms with Crippen LogP contribution in [0.5, 0.6) is 0 Å². The highest BCUT2D eigenvalue weighted by Crippen LogP contribution is 2.14. The number of rotatable bonds is 4. The van der Waals surface area contributed by atoms with Gasteiger partial charge in [-0.05, 0) is 17.0 Å². The highest BCUT2D eigenvalue weighted by Gasteiger charge is 2.14. The van der Waals surface area contributed by atoms with E-state index in [0.717, 1.165) is 5.56 Å². The van der Waals surface area contributed by atoms with E-state index in [1.807, 2.05) is 41.8 Å². The van der Waals surface area contributed by atoms with Gasteiger partial charge >= 0.3 is 0 Å². The second-order valence-electron chi connectivity index (χ2n) is 3.60. The summed E-state index contributed by atoms with van der Waals surface area (Å²) >= 11 is 1.39. The number of carbonyl (C=O) groups excluding carboxylic acids is 1. The lowest BCUT2D eigenvalue weighted by molar-refractivity contribution is 0.0920. The minimum Gasteiger partial charge on any atom is -0.394 e. The number of thiophene rings is 1. The van der Waals surface area contributed by atoms with Crippen molar-refractivity contribution in [3.63, 3.8) is 0 Å². The summed E-state index contributed by atoms with van der Waals surface area (Å²) in [7, 11) is 0. The summed E-state index contributed by atoms with van der Waals surface area (Å²) in [5.74, 6) is -0.150. The molecule has 17 heavy (non-hydrogen) atoms. The molecule has 1 aromatic carbocycles. The zero-order valence-corrected chi connectivity index (χ0v) is 9.98. The first kappa shape index (κ1) is 11.8. The van der Waals surface area contributed by atoms with E-state index in [-0.39, 0.29) is 18.6 Å². The van der Waals surface area contributed by atoms with Crippen molar-refractivity contribution in [2.45, 2.75) is 6.04 Å². The Morgan fingerprint density at radius 2 is 2.00 bits per heavy atom. The molecule has 4 heteroatoms. The Bertz CT molecular complexity index is 467. The minimum absolute atomic E-state index is 0.110. The van der Waals surface area contributed by atoms with E-state index in [0.29, 0.717) is 4.88 Å². The zero-order valence-electron chi connectivity index (χ0n) is 9.17. The van der Waals surface area contributed by atoms with E-state index in [2.05, 4.69) is 5.32 Å². The van der Waals surface area contributed by atoms with Crippen molar-refractivity contribution in [1.29, 1.82) is 0 Å². The third kappa shape index (κ3) is 2.93. The Labute approximate surface area is 104 Å². The van der Waals surface area contributed by atoms with Gasteiger partial charge in [-0.25, -0.2) is 0 Å². The van der Waals surface area contributed by atoms with Gasteiger partial charge in [-0.3, -0.25) is 4.79 Å². The lowest BCUT2D eigenvalue weighted by Gasteiger charge is -2.15. The quantitative estimate of drug-likeness (QED) is 0.870. The van der Waals surface area contributed by atoms with Crippen molar-refractivity contribution in [3.05, 3.63) is 58.3 Å². The number of nitrogens with one attached hydrogen (secondary N) is 1. The van der Waals surface area contributed by atoms with Gasteiger partial charge in [0.25, 0.3) is 5.91 Å². The van der Waals surface area contributed by atoms with Gasteiger partial charge in [0.05, 0.1) is 17.5 Å². The smallest absolute Gasteiger partial charge is 0.261 e. The Morgan fingerprint density at radius 3 is 2.59 bits per heavy atom. The first-order chi connectivity index (χ1) is 8.31. The van der Waals surface area contributed by atoms with Crippen LogP contribution in [0.15, 0.2) is 47.8 Å². The van der Waals surface area contributed by atoms with Crippen LogP contribution in [0.1, 0.15) is 21.3 Å². The normalized spacial score (nSPS) is 12.1. The molecule has 0 radical (unpaired) electrons. The Kier molecular flexibility index (Phi) is 3.90. The van der Waals surface area contributed by atoms with E-state index < -0.39 is 0 Å². The monoisotopic (exact) mass is 247 g/mol. The standard InChI is InChI=1S/C13H13NO2S/c15-9-11(10-5-2-1-3-6-10)14-13(16)12-7-4-8-17-12/h1-8,11,15H,9H2,(H,14,16)/t11-/m1/s1. The number of aliphatic hydroxyl groups excluding tert-OH is 1. The van der Waals surface area contributed by atoms with E-state index >= 15 is 0 Å². The Hall–Kier alpha value is -1.65. The highest BCUT2D eigenvalue weighted by molar-refractivity contribution is 7.12. The van der Waals surface area contributed by atoms with Gasteiger partial charge in [-0.1, -0.05) is 36.4 Å². The van der Waals surface area contributed by atoms with E-state index in [1.165, 1.54) is 11.3 Å². The maximum Gasteiger partial charge on any atom is 0.261 e. The SMILES string of the molecule is O=C(N[C@H](CO)c1ccccc1)c1cccs1. The molecule has 0 saturated heterocycles. The first-order valence-corrected chi connectivity index (χ1v) is 6.19. The summed E-state index contributed by atoms with van der Waals surface area (Å²) < 4.78 is 0. The second-order valence-corrected chi connectivity index (χ2v) is 4.54. The van der Waals surface area contributed by atoms with Crippen LogP contribution in [0.4, 0.5) is 0 Å². The van der Waals surface area contributed by atoms with Crippen LogP contribution in [-0.4, -0.2) is 17.6 Å². The van der Waals surface area contributed by atoms with Gasteiger partial charge in [0.15, 0.2) is 0 Å². The zero-order chi connectivity index (χ0) is 12.1. The molecule has 0 fully saturated rings. The van der Waals surface area contributed by atoms with Crippen molar-refractivity contribution in [2.75, 3.05) is 6.61 Å². The van der Waals surface area contributed by atoms with Crippen LogP contribution in [-0.2, 0) is 0 Å². The molecule has 2 aromatic rings. The van der Waals surface area contributed by atoms with Gasteiger partial charge < -0.3 is 10.4 Å². The van der Waals surface area contributed by atoms with Gasteiger partial charge in [-0.2, -0.15) is 0 Å². The molecule has 0 aliphatic heterocycles. The van der Waals surface area contributed by atoms with Crippen LogP contribution in [0.3, 0.4) is 0 Å². The molecule has 2 N–H and O–H groups in total. The summed E-state index contributed by atoms with van der Waals surface area (Å²) in [6.45, 7) is -0.110. The number of hydrogen-bond donors (Lipinski definition) is 2. The highest BCUT2D eigenvalue weighted by atomic mass is 32.1. The Balaban J connectivity index is 2.09. The van der Waals surface area contributed by atoms with E-state index in [4.69, 9.17) is 0 Å². The predicted molar refractivity (Wildman–Crippen MR) is 68.1 cm³/mol. The molecule has 1 aromatic heterocycles. The van der Waals surface area contributed by atoms with Gasteiger partial charge in [0.1, 0.15) is 0 Å². The van der Waals surface area contributed by atoms with Gasteiger partial charge in [0.2, 0.25) is 0 Å². The maximum atomic E-state index is 11.8. The van der Waals surface area contributed by atoms with Crippen LogP contribution in [0, 0.1) is 0 Å². The molecule has 0 aliphatic carbocycles. The predicted octanol–water partition coefficient (Wildman–Crippen LogP) is 2.21. The largest absolute Gasteiger partial charge is 0.394 e. The Morgan fingerprint density at radius 1 is 1.24 bits per heavy atom. The molecule has 1 heterocycles. The fourth-order valence-corrected chi connectivity index (χ4v) is 2.18. The summed E-state index contributed by atoms with van der Waals surface area (Å²) in [4.78, 5) is 12.5. The van der Waals surface area contributed by atoms with Gasteiger partial charge in [0, 0.05) is 0 Å². The molecule has 0 aliphatic rings. The average Bonchev–Trinajstić information content (AvgIpc) is 2.90. The van der Waals surface area contributed by atoms with Crippen LogP contribution >= 0.6 is 11.3 Å². The molecule has 0 bridgehead atoms. The summed E-state index contributed by atoms with van der Waals surface area (Å²) in [6, 6.07) is 12.7. The van der Waals surface area contributed by atoms with Crippen molar-refractivity contribution < 1.29 is 9.90 Å². The molecule has 1 amide bonds. The lowest BCUT2D eigenvalue weighted by Crippen LogP contribution is -2.30.